The van der Waals surface area contributed by atoms with Crippen LogP contribution in [-0.4, -0.2) is 71.2 Å². The van der Waals surface area contributed by atoms with Crippen molar-refractivity contribution in [2.45, 2.75) is 29.2 Å². The number of piperazine rings is 1. The molecule has 228 valence electrons. The summed E-state index contributed by atoms with van der Waals surface area (Å²) in [6.45, 7) is 4.62. The molecule has 2 fully saturated rings. The summed E-state index contributed by atoms with van der Waals surface area (Å²) in [7, 11) is -7.70. The van der Waals surface area contributed by atoms with Crippen LogP contribution < -0.4 is 20.5 Å². The number of hydrogen-bond donors (Lipinski definition) is 5. The molecule has 43 heavy (non-hydrogen) atoms. The fourth-order valence-corrected chi connectivity index (χ4v) is 6.35. The van der Waals surface area contributed by atoms with Crippen LogP contribution in [0.1, 0.15) is 24.0 Å². The maximum Gasteiger partial charge on any atom is 0.323 e. The number of benzene rings is 3. The number of urea groups is 1. The Hall–Kier alpha value is -3.82. The van der Waals surface area contributed by atoms with Gasteiger partial charge < -0.3 is 15.5 Å². The van der Waals surface area contributed by atoms with Gasteiger partial charge in [0.05, 0.1) is 9.79 Å². The molecule has 3 aromatic rings. The van der Waals surface area contributed by atoms with E-state index in [0.29, 0.717) is 22.8 Å². The lowest BCUT2D eigenvalue weighted by atomic mass is 10.1. The number of nitrogens with zero attached hydrogens (tertiary/aromatic N) is 2. The predicted octanol–water partition coefficient (Wildman–Crippen LogP) is 2.81. The number of amides is 2. The number of carbonyl (C=O) groups excluding carboxylic acids is 1. The maximum atomic E-state index is 12.7. The second kappa shape index (κ2) is 12.8. The Kier molecular flexibility index (Phi) is 9.13. The van der Waals surface area contributed by atoms with Gasteiger partial charge in [-0.1, -0.05) is 24.3 Å². The molecule has 0 radical (unpaired) electrons. The highest BCUT2D eigenvalue weighted by atomic mass is 32.2. The Morgan fingerprint density at radius 1 is 0.837 bits per heavy atom. The average molecular weight is 626 g/mol. The fraction of sp³-hybridized carbons (Fsp3) is 0.310. The van der Waals surface area contributed by atoms with Crippen LogP contribution in [0.25, 0.3) is 0 Å². The first-order chi connectivity index (χ1) is 20.5. The SMILES string of the molecule is N=C(c1cccc(NC(=O)Nc2ccc(S(=O)(=O)NCc3ccc(S(N)(=O)=O)cc3)cc2)c1)N1CCN(CC2CC2)CC1. The Morgan fingerprint density at radius 3 is 2.09 bits per heavy atom. The normalized spacial score (nSPS) is 16.1. The molecule has 12 nitrogen and oxygen atoms in total. The zero-order valence-corrected chi connectivity index (χ0v) is 25.1. The summed E-state index contributed by atoms with van der Waals surface area (Å²) in [5, 5.41) is 19.2. The molecule has 0 atom stereocenters. The lowest BCUT2D eigenvalue weighted by Gasteiger charge is -2.36. The third-order valence-corrected chi connectivity index (χ3v) is 9.78. The van der Waals surface area contributed by atoms with Gasteiger partial charge in [0.1, 0.15) is 5.84 Å². The van der Waals surface area contributed by atoms with E-state index >= 15 is 0 Å². The summed E-state index contributed by atoms with van der Waals surface area (Å²) < 4.78 is 50.7. The van der Waals surface area contributed by atoms with Gasteiger partial charge in [-0.2, -0.15) is 0 Å². The number of primary sulfonamides is 1. The van der Waals surface area contributed by atoms with E-state index in [-0.39, 0.29) is 16.3 Å². The zero-order chi connectivity index (χ0) is 30.6. The molecule has 3 aromatic carbocycles. The molecule has 2 amide bonds. The number of rotatable bonds is 10. The van der Waals surface area contributed by atoms with Gasteiger partial charge in [0.25, 0.3) is 0 Å². The summed E-state index contributed by atoms with van der Waals surface area (Å²) in [5.74, 6) is 1.29. The smallest absolute Gasteiger partial charge is 0.323 e. The molecule has 1 saturated heterocycles. The van der Waals surface area contributed by atoms with Gasteiger partial charge in [-0.05, 0) is 72.9 Å². The van der Waals surface area contributed by atoms with Gasteiger partial charge in [0, 0.05) is 56.2 Å². The molecule has 0 unspecified atom stereocenters. The number of nitrogens with two attached hydrogens (primary N) is 1. The van der Waals surface area contributed by atoms with E-state index in [9.17, 15) is 21.6 Å². The van der Waals surface area contributed by atoms with Crippen molar-refractivity contribution >= 4 is 43.3 Å². The number of carbonyl (C=O) groups is 1. The molecule has 1 heterocycles. The first-order valence-corrected chi connectivity index (χ1v) is 16.9. The Balaban J connectivity index is 1.12. The third kappa shape index (κ3) is 8.39. The van der Waals surface area contributed by atoms with E-state index in [0.717, 1.165) is 44.2 Å². The highest BCUT2D eigenvalue weighted by Gasteiger charge is 2.27. The van der Waals surface area contributed by atoms with Crippen molar-refractivity contribution in [3.8, 4) is 0 Å². The van der Waals surface area contributed by atoms with Crippen LogP contribution in [0.5, 0.6) is 0 Å². The van der Waals surface area contributed by atoms with Gasteiger partial charge in [0.2, 0.25) is 20.0 Å². The first-order valence-electron chi connectivity index (χ1n) is 13.9. The zero-order valence-electron chi connectivity index (χ0n) is 23.5. The second-order valence-electron chi connectivity index (χ2n) is 10.8. The lowest BCUT2D eigenvalue weighted by Crippen LogP contribution is -2.49. The van der Waals surface area contributed by atoms with Crippen molar-refractivity contribution in [3.63, 3.8) is 0 Å². The number of nitrogens with one attached hydrogen (secondary N) is 4. The van der Waals surface area contributed by atoms with Crippen LogP contribution in [-0.2, 0) is 26.6 Å². The minimum atomic E-state index is -3.87. The van der Waals surface area contributed by atoms with Crippen molar-refractivity contribution in [2.75, 3.05) is 43.4 Å². The van der Waals surface area contributed by atoms with Crippen LogP contribution in [0.3, 0.4) is 0 Å². The summed E-state index contributed by atoms with van der Waals surface area (Å²) in [4.78, 5) is 17.1. The minimum absolute atomic E-state index is 0.000740. The molecular weight excluding hydrogens is 590 g/mol. The van der Waals surface area contributed by atoms with E-state index in [4.69, 9.17) is 10.5 Å². The largest absolute Gasteiger partial charge is 0.354 e. The predicted molar refractivity (Wildman–Crippen MR) is 165 cm³/mol. The van der Waals surface area contributed by atoms with Gasteiger partial charge >= 0.3 is 6.03 Å². The highest BCUT2D eigenvalue weighted by molar-refractivity contribution is 7.89. The number of hydrogen-bond acceptors (Lipinski definition) is 7. The standard InChI is InChI=1S/C29H35N7O5S2/c30-28(36-16-14-35(15-17-36)20-22-4-5-22)23-2-1-3-25(18-23)34-29(37)33-24-8-12-27(13-9-24)43(40,41)32-19-21-6-10-26(11-7-21)42(31,38)39/h1-3,6-13,18,22,30,32H,4-5,14-17,19-20H2,(H2,31,38,39)(H2,33,34,37). The molecule has 1 saturated carbocycles. The molecule has 5 rings (SSSR count). The molecule has 14 heteroatoms. The summed E-state index contributed by atoms with van der Waals surface area (Å²) in [5.41, 5.74) is 2.20. The van der Waals surface area contributed by atoms with Gasteiger partial charge in [-0.15, -0.1) is 0 Å². The highest BCUT2D eigenvalue weighted by Crippen LogP contribution is 2.30. The van der Waals surface area contributed by atoms with Gasteiger partial charge in [-0.25, -0.2) is 31.5 Å². The third-order valence-electron chi connectivity index (χ3n) is 7.44. The van der Waals surface area contributed by atoms with E-state index < -0.39 is 26.1 Å². The Labute approximate surface area is 251 Å². The van der Waals surface area contributed by atoms with E-state index in [1.54, 1.807) is 18.2 Å². The number of anilines is 2. The summed E-state index contributed by atoms with van der Waals surface area (Å²) in [6.07, 6.45) is 2.67. The monoisotopic (exact) mass is 625 g/mol. The molecule has 0 bridgehead atoms. The summed E-state index contributed by atoms with van der Waals surface area (Å²) in [6, 6.07) is 17.9. The molecule has 0 spiro atoms. The van der Waals surface area contributed by atoms with Crippen molar-refractivity contribution < 1.29 is 21.6 Å². The van der Waals surface area contributed by atoms with Crippen molar-refractivity contribution in [1.82, 2.24) is 14.5 Å². The molecule has 6 N–H and O–H groups in total. The lowest BCUT2D eigenvalue weighted by molar-refractivity contribution is 0.176. The fourth-order valence-electron chi connectivity index (χ4n) is 4.82. The van der Waals surface area contributed by atoms with Gasteiger partial charge in [0.15, 0.2) is 0 Å². The van der Waals surface area contributed by atoms with Crippen LogP contribution in [0.15, 0.2) is 82.6 Å². The van der Waals surface area contributed by atoms with Crippen LogP contribution in [0.4, 0.5) is 16.2 Å². The maximum absolute atomic E-state index is 12.7. The van der Waals surface area contributed by atoms with E-state index in [1.165, 1.54) is 61.4 Å². The Morgan fingerprint density at radius 2 is 1.47 bits per heavy atom. The number of sulfonamides is 2. The van der Waals surface area contributed by atoms with E-state index in [1.807, 2.05) is 6.07 Å². The quantitative estimate of drug-likeness (QED) is 0.170. The van der Waals surface area contributed by atoms with Crippen molar-refractivity contribution in [1.29, 1.82) is 5.41 Å². The first kappa shape index (κ1) is 30.6. The van der Waals surface area contributed by atoms with Gasteiger partial charge in [-0.3, -0.25) is 10.3 Å². The van der Waals surface area contributed by atoms with Crippen molar-refractivity contribution in [3.05, 3.63) is 83.9 Å². The molecular formula is C29H35N7O5S2. The Bertz CT molecular complexity index is 1680. The second-order valence-corrected chi connectivity index (χ2v) is 14.1. The van der Waals surface area contributed by atoms with Crippen LogP contribution >= 0.6 is 0 Å². The molecule has 1 aliphatic heterocycles. The van der Waals surface area contributed by atoms with Crippen molar-refractivity contribution in [2.24, 2.45) is 11.1 Å². The average Bonchev–Trinajstić information content (AvgIpc) is 3.80. The topological polar surface area (TPSA) is 178 Å². The minimum Gasteiger partial charge on any atom is -0.354 e. The molecule has 2 aliphatic rings. The molecule has 0 aromatic heterocycles. The van der Waals surface area contributed by atoms with Crippen LogP contribution in [0.2, 0.25) is 0 Å². The number of amidine groups is 1. The molecule has 1 aliphatic carbocycles. The summed E-state index contributed by atoms with van der Waals surface area (Å²) >= 11 is 0. The van der Waals surface area contributed by atoms with Crippen LogP contribution in [0, 0.1) is 11.3 Å². The van der Waals surface area contributed by atoms with E-state index in [2.05, 4.69) is 25.2 Å².